The molecule has 1 unspecified atom stereocenters. The number of aliphatic imine (C=N–C) groups is 1. The number of methoxy groups -OCH3 is 1. The normalized spacial score (nSPS) is 16.0. The molecule has 0 bridgehead atoms. The smallest absolute Gasteiger partial charge is 0.324 e. The summed E-state index contributed by atoms with van der Waals surface area (Å²) in [5.41, 5.74) is 2.47. The van der Waals surface area contributed by atoms with E-state index in [9.17, 15) is 18.0 Å². The SMILES string of the molecule is CCCCC(CCC)[C@@H](C)N=C(NS(=O)(=O)c1ccc(CCNC(=O)N2CC(C)=C(CC)C2=O)cc1)OC. The van der Waals surface area contributed by atoms with E-state index in [-0.39, 0.29) is 22.9 Å². The molecule has 0 fully saturated rings. The third kappa shape index (κ3) is 8.58. The van der Waals surface area contributed by atoms with Gasteiger partial charge in [-0.15, -0.1) is 0 Å². The van der Waals surface area contributed by atoms with Crippen LogP contribution in [0.1, 0.15) is 78.7 Å². The zero-order valence-corrected chi connectivity index (χ0v) is 24.5. The van der Waals surface area contributed by atoms with E-state index in [4.69, 9.17) is 4.74 Å². The van der Waals surface area contributed by atoms with Crippen molar-refractivity contribution >= 4 is 28.0 Å². The molecule has 0 aromatic heterocycles. The molecule has 0 aliphatic carbocycles. The molecule has 3 amide bonds. The Morgan fingerprint density at radius 1 is 1.13 bits per heavy atom. The van der Waals surface area contributed by atoms with Crippen LogP contribution in [0.5, 0.6) is 0 Å². The van der Waals surface area contributed by atoms with Crippen molar-refractivity contribution in [1.82, 2.24) is 14.9 Å². The maximum absolute atomic E-state index is 13.0. The Bertz CT molecular complexity index is 1110. The van der Waals surface area contributed by atoms with Gasteiger partial charge in [0.25, 0.3) is 22.0 Å². The third-order valence-electron chi connectivity index (χ3n) is 6.94. The summed E-state index contributed by atoms with van der Waals surface area (Å²) in [5, 5.41) is 2.77. The molecular formula is C28H44N4O5S. The van der Waals surface area contributed by atoms with Gasteiger partial charge >= 0.3 is 6.03 Å². The first-order valence-electron chi connectivity index (χ1n) is 13.6. The van der Waals surface area contributed by atoms with Gasteiger partial charge < -0.3 is 10.1 Å². The van der Waals surface area contributed by atoms with Gasteiger partial charge in [-0.1, -0.05) is 52.2 Å². The van der Waals surface area contributed by atoms with Crippen molar-refractivity contribution in [3.63, 3.8) is 0 Å². The topological polar surface area (TPSA) is 117 Å². The van der Waals surface area contributed by atoms with Crippen LogP contribution in [0.25, 0.3) is 0 Å². The van der Waals surface area contributed by atoms with Gasteiger partial charge in [0.15, 0.2) is 0 Å². The van der Waals surface area contributed by atoms with Crippen molar-refractivity contribution < 1.29 is 22.7 Å². The quantitative estimate of drug-likeness (QED) is 0.272. The Morgan fingerprint density at radius 3 is 2.37 bits per heavy atom. The second-order valence-corrected chi connectivity index (χ2v) is 11.5. The molecule has 10 heteroatoms. The molecule has 0 spiro atoms. The highest BCUT2D eigenvalue weighted by Crippen LogP contribution is 2.22. The highest BCUT2D eigenvalue weighted by atomic mass is 32.2. The summed E-state index contributed by atoms with van der Waals surface area (Å²) < 4.78 is 33.6. The van der Waals surface area contributed by atoms with Crippen LogP contribution < -0.4 is 10.0 Å². The van der Waals surface area contributed by atoms with Gasteiger partial charge in [-0.3, -0.25) is 9.69 Å². The van der Waals surface area contributed by atoms with Gasteiger partial charge in [0.05, 0.1) is 24.6 Å². The summed E-state index contributed by atoms with van der Waals surface area (Å²) in [6.07, 6.45) is 6.44. The van der Waals surface area contributed by atoms with Crippen molar-refractivity contribution in [2.24, 2.45) is 10.9 Å². The lowest BCUT2D eigenvalue weighted by Crippen LogP contribution is -2.42. The lowest BCUT2D eigenvalue weighted by molar-refractivity contribution is -0.123. The van der Waals surface area contributed by atoms with Crippen molar-refractivity contribution in [3.8, 4) is 0 Å². The van der Waals surface area contributed by atoms with Crippen molar-refractivity contribution in [2.45, 2.75) is 90.5 Å². The number of nitrogens with zero attached hydrogens (tertiary/aromatic N) is 2. The molecule has 1 aliphatic rings. The maximum Gasteiger partial charge on any atom is 0.324 e. The van der Waals surface area contributed by atoms with E-state index in [1.807, 2.05) is 20.8 Å². The van der Waals surface area contributed by atoms with Crippen LogP contribution in [0.3, 0.4) is 0 Å². The number of amides is 3. The summed E-state index contributed by atoms with van der Waals surface area (Å²) in [6, 6.07) is 5.94. The zero-order chi connectivity index (χ0) is 28.3. The van der Waals surface area contributed by atoms with Gasteiger partial charge in [0.2, 0.25) is 0 Å². The number of hydrogen-bond donors (Lipinski definition) is 2. The van der Waals surface area contributed by atoms with Gasteiger partial charge in [0.1, 0.15) is 0 Å². The number of carbonyl (C=O) groups excluding carboxylic acids is 2. The molecular weight excluding hydrogens is 504 g/mol. The van der Waals surface area contributed by atoms with Gasteiger partial charge in [0, 0.05) is 12.1 Å². The average Bonchev–Trinajstić information content (AvgIpc) is 3.18. The maximum atomic E-state index is 13.0. The molecule has 2 atom stereocenters. The highest BCUT2D eigenvalue weighted by molar-refractivity contribution is 7.90. The number of sulfonamides is 1. The zero-order valence-electron chi connectivity index (χ0n) is 23.7. The molecule has 212 valence electrons. The van der Waals surface area contributed by atoms with Gasteiger partial charge in [-0.2, -0.15) is 0 Å². The molecule has 9 nitrogen and oxygen atoms in total. The molecule has 1 aromatic rings. The molecule has 0 saturated carbocycles. The first-order chi connectivity index (χ1) is 18.1. The number of rotatable bonds is 13. The molecule has 0 saturated heterocycles. The number of carbonyl (C=O) groups is 2. The fraction of sp³-hybridized carbons (Fsp3) is 0.607. The standard InChI is InChI=1S/C28H44N4O5S/c1-7-10-12-23(11-8-2)21(5)30-27(37-6)31-38(35,36)24-15-13-22(14-16-24)17-18-29-28(34)32-19-20(4)25(9-3)26(32)33/h13-16,21,23H,7-12,17-19H2,1-6H3,(H,29,34)(H,30,31)/t21-,23?/m1/s1. The van der Waals surface area contributed by atoms with Crippen LogP contribution in [0.15, 0.2) is 45.3 Å². The number of nitrogens with one attached hydrogen (secondary N) is 2. The van der Waals surface area contributed by atoms with E-state index in [1.165, 1.54) is 24.1 Å². The summed E-state index contributed by atoms with van der Waals surface area (Å²) >= 11 is 0. The summed E-state index contributed by atoms with van der Waals surface area (Å²) in [5.74, 6) is 0.131. The van der Waals surface area contributed by atoms with Crippen LogP contribution in [0.4, 0.5) is 4.79 Å². The Morgan fingerprint density at radius 2 is 1.82 bits per heavy atom. The van der Waals surface area contributed by atoms with E-state index < -0.39 is 16.1 Å². The van der Waals surface area contributed by atoms with E-state index in [2.05, 4.69) is 28.9 Å². The minimum atomic E-state index is -3.88. The van der Waals surface area contributed by atoms with Crippen LogP contribution in [0.2, 0.25) is 0 Å². The van der Waals surface area contributed by atoms with Gasteiger partial charge in [-0.05, 0) is 68.7 Å². The van der Waals surface area contributed by atoms with E-state index in [0.29, 0.717) is 37.4 Å². The fourth-order valence-corrected chi connectivity index (χ4v) is 5.64. The number of urea groups is 1. The van der Waals surface area contributed by atoms with Crippen molar-refractivity contribution in [2.75, 3.05) is 20.2 Å². The number of ether oxygens (including phenoxy) is 1. The third-order valence-corrected chi connectivity index (χ3v) is 8.28. The van der Waals surface area contributed by atoms with E-state index in [1.54, 1.807) is 12.1 Å². The predicted octanol–water partition coefficient (Wildman–Crippen LogP) is 4.78. The van der Waals surface area contributed by atoms with Crippen LogP contribution >= 0.6 is 0 Å². The second kappa shape index (κ2) is 14.9. The Labute approximate surface area is 228 Å². The summed E-state index contributed by atoms with van der Waals surface area (Å²) in [6.45, 7) is 10.7. The van der Waals surface area contributed by atoms with Crippen molar-refractivity contribution in [3.05, 3.63) is 41.0 Å². The second-order valence-electron chi connectivity index (χ2n) is 9.81. The first kappa shape index (κ1) is 31.3. The Balaban J connectivity index is 1.95. The fourth-order valence-electron chi connectivity index (χ4n) is 4.66. The highest BCUT2D eigenvalue weighted by Gasteiger charge is 2.31. The largest absolute Gasteiger partial charge is 0.468 e. The number of amidine groups is 1. The minimum absolute atomic E-state index is 0.0192. The average molecular weight is 549 g/mol. The molecule has 0 radical (unpaired) electrons. The molecule has 38 heavy (non-hydrogen) atoms. The van der Waals surface area contributed by atoms with E-state index in [0.717, 1.165) is 43.2 Å². The predicted molar refractivity (Wildman–Crippen MR) is 150 cm³/mol. The number of benzene rings is 1. The minimum Gasteiger partial charge on any atom is -0.468 e. The number of unbranched alkanes of at least 4 members (excludes halogenated alkanes) is 1. The van der Waals surface area contributed by atoms with Crippen LogP contribution in [0, 0.1) is 5.92 Å². The van der Waals surface area contributed by atoms with E-state index >= 15 is 0 Å². The lowest BCUT2D eigenvalue weighted by Gasteiger charge is -2.21. The summed E-state index contributed by atoms with van der Waals surface area (Å²) in [7, 11) is -2.47. The molecule has 1 heterocycles. The van der Waals surface area contributed by atoms with Crippen LogP contribution in [-0.2, 0) is 26.0 Å². The molecule has 2 N–H and O–H groups in total. The molecule has 1 aliphatic heterocycles. The Hall–Kier alpha value is -2.88. The molecule has 1 aromatic carbocycles. The number of hydrogen-bond acceptors (Lipinski definition) is 6. The Kier molecular flexibility index (Phi) is 12.3. The van der Waals surface area contributed by atoms with Crippen molar-refractivity contribution in [1.29, 1.82) is 0 Å². The monoisotopic (exact) mass is 548 g/mol. The molecule has 2 rings (SSSR count). The number of imide groups is 1. The van der Waals surface area contributed by atoms with Gasteiger partial charge in [-0.25, -0.2) is 22.9 Å². The lowest BCUT2D eigenvalue weighted by atomic mass is 9.91. The van der Waals surface area contributed by atoms with Crippen LogP contribution in [-0.4, -0.2) is 57.5 Å². The first-order valence-corrected chi connectivity index (χ1v) is 15.1. The summed E-state index contributed by atoms with van der Waals surface area (Å²) in [4.78, 5) is 30.6.